The average molecular weight is 335 g/mol. The fourth-order valence-electron chi connectivity index (χ4n) is 2.24. The van der Waals surface area contributed by atoms with Gasteiger partial charge in [-0.15, -0.1) is 11.3 Å². The molecule has 0 aliphatic carbocycles. The first-order valence-corrected chi connectivity index (χ1v) is 8.67. The van der Waals surface area contributed by atoms with Gasteiger partial charge in [-0.1, -0.05) is 6.92 Å². The van der Waals surface area contributed by atoms with E-state index in [1.807, 2.05) is 31.7 Å². The molecule has 0 saturated carbocycles. The van der Waals surface area contributed by atoms with Crippen LogP contribution in [0, 0.1) is 20.8 Å². The van der Waals surface area contributed by atoms with Crippen LogP contribution in [0.1, 0.15) is 40.8 Å². The van der Waals surface area contributed by atoms with Gasteiger partial charge in [-0.05, 0) is 27.2 Å². The van der Waals surface area contributed by atoms with Crippen LogP contribution in [0.4, 0.5) is 4.79 Å². The third-order valence-corrected chi connectivity index (χ3v) is 5.18. The third kappa shape index (κ3) is 4.31. The number of carbonyl (C=O) groups excluding carboxylic acids is 1. The molecule has 2 rings (SSSR count). The standard InChI is InChI=1S/C16H25N5OS/c1-6-14(15-18-11(2)12(3)23-15)19-16(22)20(5)9-10-21-8-7-17-13(21)4/h7-8,14H,6,9-10H2,1-5H3,(H,19,22)/t14-/m1/s1. The van der Waals surface area contributed by atoms with Crippen molar-refractivity contribution >= 4 is 17.4 Å². The summed E-state index contributed by atoms with van der Waals surface area (Å²) in [5, 5.41) is 4.06. The maximum Gasteiger partial charge on any atom is 0.317 e. The Kier molecular flexibility index (Phi) is 5.76. The first-order valence-electron chi connectivity index (χ1n) is 7.85. The molecule has 0 aromatic carbocycles. The first kappa shape index (κ1) is 17.5. The highest BCUT2D eigenvalue weighted by atomic mass is 32.1. The second kappa shape index (κ2) is 7.59. The van der Waals surface area contributed by atoms with E-state index in [1.165, 1.54) is 4.88 Å². The Bertz CT molecular complexity index is 644. The molecule has 2 amide bonds. The number of amides is 2. The van der Waals surface area contributed by atoms with Gasteiger partial charge in [-0.25, -0.2) is 14.8 Å². The summed E-state index contributed by atoms with van der Waals surface area (Å²) in [5.74, 6) is 0.957. The number of imidazole rings is 1. The van der Waals surface area contributed by atoms with Crippen LogP contribution in [0.2, 0.25) is 0 Å². The van der Waals surface area contributed by atoms with Crippen LogP contribution in [0.25, 0.3) is 0 Å². The van der Waals surface area contributed by atoms with Gasteiger partial charge < -0.3 is 14.8 Å². The third-order valence-electron chi connectivity index (χ3n) is 4.00. The minimum Gasteiger partial charge on any atom is -0.333 e. The van der Waals surface area contributed by atoms with Crippen molar-refractivity contribution in [2.24, 2.45) is 0 Å². The smallest absolute Gasteiger partial charge is 0.317 e. The number of aromatic nitrogens is 3. The molecule has 23 heavy (non-hydrogen) atoms. The molecule has 0 spiro atoms. The van der Waals surface area contributed by atoms with Crippen LogP contribution in [0.15, 0.2) is 12.4 Å². The van der Waals surface area contributed by atoms with E-state index in [0.717, 1.165) is 29.5 Å². The van der Waals surface area contributed by atoms with Crippen LogP contribution >= 0.6 is 11.3 Å². The van der Waals surface area contributed by atoms with E-state index in [2.05, 4.69) is 29.1 Å². The molecule has 2 aromatic heterocycles. The number of carbonyl (C=O) groups is 1. The number of hydrogen-bond donors (Lipinski definition) is 1. The van der Waals surface area contributed by atoms with E-state index in [1.54, 1.807) is 22.4 Å². The summed E-state index contributed by atoms with van der Waals surface area (Å²) in [4.78, 5) is 24.1. The second-order valence-corrected chi connectivity index (χ2v) is 6.93. The Hall–Kier alpha value is -1.89. The predicted molar refractivity (Wildman–Crippen MR) is 92.7 cm³/mol. The Morgan fingerprint density at radius 1 is 1.43 bits per heavy atom. The number of likely N-dealkylation sites (N-methyl/N-ethyl adjacent to an activating group) is 1. The number of urea groups is 1. The zero-order chi connectivity index (χ0) is 17.0. The molecule has 1 atom stereocenters. The number of hydrogen-bond acceptors (Lipinski definition) is 4. The molecule has 0 saturated heterocycles. The average Bonchev–Trinajstić information content (AvgIpc) is 3.08. The summed E-state index contributed by atoms with van der Waals surface area (Å²) >= 11 is 1.66. The van der Waals surface area contributed by atoms with Crippen molar-refractivity contribution in [1.29, 1.82) is 0 Å². The topological polar surface area (TPSA) is 63.1 Å². The maximum absolute atomic E-state index is 12.4. The monoisotopic (exact) mass is 335 g/mol. The molecule has 7 heteroatoms. The molecular formula is C16H25N5OS. The van der Waals surface area contributed by atoms with E-state index >= 15 is 0 Å². The SMILES string of the molecule is CC[C@@H](NC(=O)N(C)CCn1ccnc1C)c1nc(C)c(C)s1. The lowest BCUT2D eigenvalue weighted by Gasteiger charge is -2.22. The Labute approximate surface area is 141 Å². The highest BCUT2D eigenvalue weighted by Crippen LogP contribution is 2.24. The molecule has 0 bridgehead atoms. The normalized spacial score (nSPS) is 12.2. The zero-order valence-corrected chi connectivity index (χ0v) is 15.3. The second-order valence-electron chi connectivity index (χ2n) is 5.69. The number of nitrogens with zero attached hydrogens (tertiary/aromatic N) is 4. The molecule has 0 radical (unpaired) electrons. The van der Waals surface area contributed by atoms with Crippen LogP contribution in [0.5, 0.6) is 0 Å². The van der Waals surface area contributed by atoms with Crippen molar-refractivity contribution in [2.45, 2.75) is 46.7 Å². The lowest BCUT2D eigenvalue weighted by atomic mass is 10.2. The molecule has 0 fully saturated rings. The summed E-state index contributed by atoms with van der Waals surface area (Å²) < 4.78 is 2.04. The largest absolute Gasteiger partial charge is 0.333 e. The molecule has 2 aromatic rings. The molecule has 126 valence electrons. The van der Waals surface area contributed by atoms with Gasteiger partial charge in [0, 0.05) is 37.4 Å². The number of aryl methyl sites for hydroxylation is 3. The number of rotatable bonds is 6. The van der Waals surface area contributed by atoms with Crippen LogP contribution in [-0.4, -0.2) is 39.1 Å². The summed E-state index contributed by atoms with van der Waals surface area (Å²) in [6.45, 7) is 9.46. The Morgan fingerprint density at radius 3 is 2.70 bits per heavy atom. The minimum atomic E-state index is -0.0693. The fourth-order valence-corrected chi connectivity index (χ4v) is 3.30. The summed E-state index contributed by atoms with van der Waals surface area (Å²) in [7, 11) is 1.81. The minimum absolute atomic E-state index is 0.0302. The van der Waals surface area contributed by atoms with Gasteiger partial charge in [0.15, 0.2) is 0 Å². The van der Waals surface area contributed by atoms with Crippen molar-refractivity contribution < 1.29 is 4.79 Å². The summed E-state index contributed by atoms with van der Waals surface area (Å²) in [5.41, 5.74) is 1.04. The van der Waals surface area contributed by atoms with Crippen LogP contribution in [0.3, 0.4) is 0 Å². The fraction of sp³-hybridized carbons (Fsp3) is 0.562. The van der Waals surface area contributed by atoms with Crippen molar-refractivity contribution in [3.05, 3.63) is 33.8 Å². The van der Waals surface area contributed by atoms with E-state index in [-0.39, 0.29) is 12.1 Å². The van der Waals surface area contributed by atoms with E-state index in [9.17, 15) is 4.79 Å². The van der Waals surface area contributed by atoms with Gasteiger partial charge >= 0.3 is 6.03 Å². The first-order chi connectivity index (χ1) is 10.9. The van der Waals surface area contributed by atoms with Gasteiger partial charge in [0.25, 0.3) is 0 Å². The highest BCUT2D eigenvalue weighted by molar-refractivity contribution is 7.11. The Balaban J connectivity index is 1.92. The van der Waals surface area contributed by atoms with Crippen LogP contribution in [-0.2, 0) is 6.54 Å². The number of thiazole rings is 1. The quantitative estimate of drug-likeness (QED) is 0.882. The van der Waals surface area contributed by atoms with Crippen molar-refractivity contribution in [3.63, 3.8) is 0 Å². The van der Waals surface area contributed by atoms with E-state index in [0.29, 0.717) is 6.54 Å². The molecular weight excluding hydrogens is 310 g/mol. The molecule has 2 heterocycles. The maximum atomic E-state index is 12.4. The molecule has 1 N–H and O–H groups in total. The highest BCUT2D eigenvalue weighted by Gasteiger charge is 2.19. The van der Waals surface area contributed by atoms with E-state index in [4.69, 9.17) is 0 Å². The van der Waals surface area contributed by atoms with Gasteiger partial charge in [0.1, 0.15) is 10.8 Å². The summed E-state index contributed by atoms with van der Waals surface area (Å²) in [6, 6.07) is -0.0996. The Morgan fingerprint density at radius 2 is 2.17 bits per heavy atom. The zero-order valence-electron chi connectivity index (χ0n) is 14.5. The predicted octanol–water partition coefficient (Wildman–Crippen LogP) is 3.06. The van der Waals surface area contributed by atoms with Gasteiger partial charge in [-0.2, -0.15) is 0 Å². The van der Waals surface area contributed by atoms with Crippen LogP contribution < -0.4 is 5.32 Å². The van der Waals surface area contributed by atoms with Crippen molar-refractivity contribution in [2.75, 3.05) is 13.6 Å². The van der Waals surface area contributed by atoms with Gasteiger partial charge in [0.2, 0.25) is 0 Å². The molecule has 0 unspecified atom stereocenters. The molecule has 0 aliphatic rings. The lowest BCUT2D eigenvalue weighted by Crippen LogP contribution is -2.40. The molecule has 0 aliphatic heterocycles. The van der Waals surface area contributed by atoms with Gasteiger partial charge in [-0.3, -0.25) is 0 Å². The van der Waals surface area contributed by atoms with Crippen molar-refractivity contribution in [1.82, 2.24) is 24.8 Å². The summed E-state index contributed by atoms with van der Waals surface area (Å²) in [6.07, 6.45) is 4.53. The molecule has 6 nitrogen and oxygen atoms in total. The van der Waals surface area contributed by atoms with E-state index < -0.39 is 0 Å². The number of nitrogens with one attached hydrogen (secondary N) is 1. The van der Waals surface area contributed by atoms with Crippen molar-refractivity contribution in [3.8, 4) is 0 Å². The van der Waals surface area contributed by atoms with Gasteiger partial charge in [0.05, 0.1) is 11.7 Å². The lowest BCUT2D eigenvalue weighted by molar-refractivity contribution is 0.202.